The smallest absolute Gasteiger partial charge is 0.243 e. The van der Waals surface area contributed by atoms with Crippen LogP contribution in [0.4, 0.5) is 10.1 Å². The van der Waals surface area contributed by atoms with E-state index in [0.717, 1.165) is 18.9 Å². The topological polar surface area (TPSA) is 81.3 Å². The van der Waals surface area contributed by atoms with Crippen LogP contribution in [-0.2, 0) is 17.8 Å². The number of nitrogens with zero attached hydrogens (tertiary/aromatic N) is 3. The number of nitrogens with one attached hydrogen (secondary N) is 1. The molecule has 0 aliphatic carbocycles. The second kappa shape index (κ2) is 8.08. The first-order valence-electron chi connectivity index (χ1n) is 9.30. The molecule has 1 aliphatic heterocycles. The van der Waals surface area contributed by atoms with Gasteiger partial charge in [0.15, 0.2) is 4.77 Å². The van der Waals surface area contributed by atoms with Gasteiger partial charge >= 0.3 is 0 Å². The van der Waals surface area contributed by atoms with Crippen molar-refractivity contribution in [2.75, 3.05) is 5.32 Å². The van der Waals surface area contributed by atoms with Crippen molar-refractivity contribution >= 4 is 35.4 Å². The Morgan fingerprint density at radius 3 is 2.93 bits per heavy atom. The van der Waals surface area contributed by atoms with Crippen LogP contribution in [0.5, 0.6) is 17.5 Å². The molecule has 0 saturated heterocycles. The summed E-state index contributed by atoms with van der Waals surface area (Å²) >= 11 is 11.7. The molecule has 1 amide bonds. The molecule has 10 heteroatoms. The van der Waals surface area contributed by atoms with Gasteiger partial charge in [0.05, 0.1) is 16.4 Å². The van der Waals surface area contributed by atoms with Crippen LogP contribution in [0.15, 0.2) is 30.5 Å². The monoisotopic (exact) mass is 448 g/mol. The van der Waals surface area contributed by atoms with Crippen molar-refractivity contribution in [1.29, 1.82) is 0 Å². The number of pyridine rings is 1. The maximum Gasteiger partial charge on any atom is 0.243 e. The summed E-state index contributed by atoms with van der Waals surface area (Å²) in [4.78, 5) is 15.5. The van der Waals surface area contributed by atoms with Gasteiger partial charge in [-0.05, 0) is 49.7 Å². The zero-order valence-corrected chi connectivity index (χ0v) is 17.6. The SMILES string of the molecule is CC(=O)Nc1cccnc1Oc1cc(-n2c(O)c3n(c2=S)CCCC3)c(F)cc1Cl. The van der Waals surface area contributed by atoms with Gasteiger partial charge in [-0.3, -0.25) is 9.36 Å². The van der Waals surface area contributed by atoms with E-state index in [-0.39, 0.29) is 34.1 Å². The first-order valence-corrected chi connectivity index (χ1v) is 10.1. The van der Waals surface area contributed by atoms with Crippen LogP contribution in [0.2, 0.25) is 5.02 Å². The molecular weight excluding hydrogens is 431 g/mol. The Morgan fingerprint density at radius 2 is 2.20 bits per heavy atom. The van der Waals surface area contributed by atoms with Crippen molar-refractivity contribution < 1.29 is 19.0 Å². The van der Waals surface area contributed by atoms with Crippen LogP contribution < -0.4 is 10.1 Å². The Hall–Kier alpha value is -2.91. The van der Waals surface area contributed by atoms with E-state index in [1.807, 2.05) is 4.57 Å². The highest BCUT2D eigenvalue weighted by molar-refractivity contribution is 7.71. The number of halogens is 2. The van der Waals surface area contributed by atoms with E-state index in [2.05, 4.69) is 10.3 Å². The summed E-state index contributed by atoms with van der Waals surface area (Å²) in [5.74, 6) is -0.859. The number of aromatic nitrogens is 3. The normalized spacial score (nSPS) is 13.0. The van der Waals surface area contributed by atoms with Crippen LogP contribution in [0, 0.1) is 10.6 Å². The van der Waals surface area contributed by atoms with Crippen LogP contribution in [0.1, 0.15) is 25.5 Å². The fraction of sp³-hybridized carbons (Fsp3) is 0.250. The Bertz CT molecular complexity index is 1210. The summed E-state index contributed by atoms with van der Waals surface area (Å²) in [6, 6.07) is 5.70. The predicted molar refractivity (Wildman–Crippen MR) is 113 cm³/mol. The Morgan fingerprint density at radius 1 is 1.40 bits per heavy atom. The summed E-state index contributed by atoms with van der Waals surface area (Å²) < 4.78 is 24.0. The Balaban J connectivity index is 1.80. The first kappa shape index (κ1) is 20.4. The van der Waals surface area contributed by atoms with Crippen molar-refractivity contribution in [1.82, 2.24) is 14.1 Å². The molecule has 0 atom stereocenters. The minimum absolute atomic E-state index is 0.00524. The predicted octanol–water partition coefficient (Wildman–Crippen LogP) is 4.99. The summed E-state index contributed by atoms with van der Waals surface area (Å²) in [7, 11) is 0. The van der Waals surface area contributed by atoms with Gasteiger partial charge in [0.2, 0.25) is 17.7 Å². The molecule has 0 spiro atoms. The number of fused-ring (bicyclic) bond motifs is 1. The van der Waals surface area contributed by atoms with Gasteiger partial charge in [-0.15, -0.1) is 0 Å². The van der Waals surface area contributed by atoms with Gasteiger partial charge < -0.3 is 19.7 Å². The van der Waals surface area contributed by atoms with Gasteiger partial charge in [-0.25, -0.2) is 9.37 Å². The van der Waals surface area contributed by atoms with Crippen LogP contribution in [0.25, 0.3) is 5.69 Å². The number of amides is 1. The Kier molecular flexibility index (Phi) is 5.48. The number of rotatable bonds is 4. The van der Waals surface area contributed by atoms with Crippen LogP contribution in [0.3, 0.4) is 0 Å². The molecular formula is C20H18ClFN4O3S. The van der Waals surface area contributed by atoms with Crippen LogP contribution in [-0.4, -0.2) is 25.1 Å². The first-order chi connectivity index (χ1) is 14.4. The fourth-order valence-corrected chi connectivity index (χ4v) is 4.04. The molecule has 4 rings (SSSR count). The van der Waals surface area contributed by atoms with Crippen LogP contribution >= 0.6 is 23.8 Å². The largest absolute Gasteiger partial charge is 0.493 e. The molecule has 2 N–H and O–H groups in total. The van der Waals surface area contributed by atoms with Crippen molar-refractivity contribution in [2.45, 2.75) is 32.7 Å². The third kappa shape index (κ3) is 3.66. The molecule has 30 heavy (non-hydrogen) atoms. The number of imidazole rings is 1. The lowest BCUT2D eigenvalue weighted by atomic mass is 10.1. The molecule has 156 valence electrons. The number of carbonyl (C=O) groups is 1. The third-order valence-electron chi connectivity index (χ3n) is 4.79. The highest BCUT2D eigenvalue weighted by Crippen LogP contribution is 2.37. The van der Waals surface area contributed by atoms with Crippen molar-refractivity contribution in [3.8, 4) is 23.2 Å². The zero-order chi connectivity index (χ0) is 21.4. The molecule has 0 radical (unpaired) electrons. The average molecular weight is 449 g/mol. The van der Waals surface area contributed by atoms with E-state index in [1.54, 1.807) is 12.1 Å². The van der Waals surface area contributed by atoms with E-state index in [1.165, 1.54) is 23.8 Å². The fourth-order valence-electron chi connectivity index (χ4n) is 3.46. The number of benzene rings is 1. The number of carbonyl (C=O) groups excluding carboxylic acids is 1. The molecule has 3 heterocycles. The van der Waals surface area contributed by atoms with Gasteiger partial charge in [-0.1, -0.05) is 11.6 Å². The molecule has 0 bridgehead atoms. The van der Waals surface area contributed by atoms with Crippen molar-refractivity contribution in [3.63, 3.8) is 0 Å². The highest BCUT2D eigenvalue weighted by atomic mass is 35.5. The number of aromatic hydroxyl groups is 1. The molecule has 0 saturated carbocycles. The summed E-state index contributed by atoms with van der Waals surface area (Å²) in [6.07, 6.45) is 4.01. The van der Waals surface area contributed by atoms with Crippen molar-refractivity contribution in [2.24, 2.45) is 0 Å². The molecule has 2 aromatic heterocycles. The molecule has 7 nitrogen and oxygen atoms in total. The lowest BCUT2D eigenvalue weighted by molar-refractivity contribution is -0.114. The van der Waals surface area contributed by atoms with E-state index < -0.39 is 5.82 Å². The van der Waals surface area contributed by atoms with Gasteiger partial charge in [0.25, 0.3) is 0 Å². The number of anilines is 1. The molecule has 0 fully saturated rings. The molecule has 1 aliphatic rings. The van der Waals surface area contributed by atoms with Gasteiger partial charge in [0.1, 0.15) is 17.3 Å². The van der Waals surface area contributed by atoms with E-state index in [4.69, 9.17) is 28.6 Å². The molecule has 0 unspecified atom stereocenters. The lowest BCUT2D eigenvalue weighted by Gasteiger charge is -2.13. The standard InChI is InChI=1S/C20H18ClFN4O3S/c1-11(27)24-14-5-4-7-23-18(14)29-17-10-16(13(22)9-12(17)21)26-19(28)15-6-2-3-8-25(15)20(26)30/h4-5,7,9-10,28H,2-3,6,8H2,1H3,(H,24,27). The van der Waals surface area contributed by atoms with Gasteiger partial charge in [0, 0.05) is 25.7 Å². The average Bonchev–Trinajstić information content (AvgIpc) is 2.96. The summed E-state index contributed by atoms with van der Waals surface area (Å²) in [6.45, 7) is 2.03. The zero-order valence-electron chi connectivity index (χ0n) is 16.0. The highest BCUT2D eigenvalue weighted by Gasteiger charge is 2.24. The van der Waals surface area contributed by atoms with E-state index >= 15 is 0 Å². The number of hydrogen-bond donors (Lipinski definition) is 2. The lowest BCUT2D eigenvalue weighted by Crippen LogP contribution is -2.09. The number of hydrogen-bond acceptors (Lipinski definition) is 5. The molecule has 1 aromatic carbocycles. The minimum atomic E-state index is -0.662. The number of ether oxygens (including phenoxy) is 1. The van der Waals surface area contributed by atoms with E-state index in [0.29, 0.717) is 29.1 Å². The molecule has 3 aromatic rings. The second-order valence-corrected chi connectivity index (χ2v) is 7.64. The maximum absolute atomic E-state index is 14.8. The van der Waals surface area contributed by atoms with E-state index in [9.17, 15) is 14.3 Å². The maximum atomic E-state index is 14.8. The minimum Gasteiger partial charge on any atom is -0.493 e. The third-order valence-corrected chi connectivity index (χ3v) is 5.49. The summed E-state index contributed by atoms with van der Waals surface area (Å²) in [5.41, 5.74) is 1.03. The quantitative estimate of drug-likeness (QED) is 0.549. The summed E-state index contributed by atoms with van der Waals surface area (Å²) in [5, 5.41) is 13.3. The second-order valence-electron chi connectivity index (χ2n) is 6.87. The Labute approximate surface area is 181 Å². The van der Waals surface area contributed by atoms with Gasteiger partial charge in [-0.2, -0.15) is 0 Å². The van der Waals surface area contributed by atoms with Crippen molar-refractivity contribution in [3.05, 3.63) is 51.8 Å².